The quantitative estimate of drug-likeness (QED) is 0.443. The van der Waals surface area contributed by atoms with Gasteiger partial charge in [-0.1, -0.05) is 59.6 Å². The summed E-state index contributed by atoms with van der Waals surface area (Å²) in [5.74, 6) is -2.28. The molecule has 2 aromatic rings. The molecule has 5 atom stereocenters. The number of nitrogens with one attached hydrogen (secondary N) is 1. The highest BCUT2D eigenvalue weighted by atomic mass is 35.5. The Morgan fingerprint density at radius 1 is 0.971 bits per heavy atom. The third-order valence-corrected chi connectivity index (χ3v) is 8.21. The first kappa shape index (κ1) is 23.8. The summed E-state index contributed by atoms with van der Waals surface area (Å²) in [5.41, 5.74) is 1.07. The highest BCUT2D eigenvalue weighted by molar-refractivity contribution is 6.44. The predicted octanol–water partition coefficient (Wildman–Crippen LogP) is 4.12. The van der Waals surface area contributed by atoms with Gasteiger partial charge in [0.25, 0.3) is 5.91 Å². The van der Waals surface area contributed by atoms with Gasteiger partial charge in [0.2, 0.25) is 11.8 Å². The number of carbonyl (C=O) groups is 4. The average molecular weight is 515 g/mol. The lowest BCUT2D eigenvalue weighted by atomic mass is 9.81. The molecule has 2 saturated carbocycles. The van der Waals surface area contributed by atoms with Crippen molar-refractivity contribution >= 4 is 52.6 Å². The number of rotatable bonds is 7. The minimum atomic E-state index is -1.13. The molecule has 0 unspecified atom stereocenters. The third kappa shape index (κ3) is 4.43. The van der Waals surface area contributed by atoms with Crippen LogP contribution in [0.2, 0.25) is 10.0 Å². The summed E-state index contributed by atoms with van der Waals surface area (Å²) in [6.07, 6.45) is 2.91. The second-order valence-electron chi connectivity index (χ2n) is 9.39. The number of carbonyl (C=O) groups excluding carboxylic acids is 4. The SMILES string of the molecule is O=C(COC(=O)[C@@H](Cc1ccccc1)N1C(=O)[C@@H]2[C@H]3CC[C@@H](C3)[C@@H]2C1=O)Nc1cccc(Cl)c1Cl. The third-order valence-electron chi connectivity index (χ3n) is 7.39. The van der Waals surface area contributed by atoms with Gasteiger partial charge in [-0.3, -0.25) is 19.3 Å². The smallest absolute Gasteiger partial charge is 0.330 e. The Morgan fingerprint density at radius 3 is 2.29 bits per heavy atom. The molecule has 7 nitrogen and oxygen atoms in total. The molecule has 2 aliphatic carbocycles. The van der Waals surface area contributed by atoms with Crippen molar-refractivity contribution in [3.63, 3.8) is 0 Å². The Morgan fingerprint density at radius 2 is 1.63 bits per heavy atom. The minimum Gasteiger partial charge on any atom is -0.454 e. The molecule has 3 fully saturated rings. The van der Waals surface area contributed by atoms with Gasteiger partial charge < -0.3 is 10.1 Å². The normalized spacial score (nSPS) is 25.5. The van der Waals surface area contributed by atoms with Crippen LogP contribution in [0.5, 0.6) is 0 Å². The number of likely N-dealkylation sites (tertiary alicyclic amines) is 1. The van der Waals surface area contributed by atoms with Gasteiger partial charge >= 0.3 is 5.97 Å². The first-order chi connectivity index (χ1) is 16.8. The van der Waals surface area contributed by atoms with E-state index in [2.05, 4.69) is 5.32 Å². The lowest BCUT2D eigenvalue weighted by molar-refractivity contribution is -0.160. The Labute approximate surface area is 212 Å². The summed E-state index contributed by atoms with van der Waals surface area (Å²) in [6.45, 7) is -0.596. The van der Waals surface area contributed by atoms with Gasteiger partial charge in [0.1, 0.15) is 6.04 Å². The molecule has 3 amide bonds. The number of halogens is 2. The topological polar surface area (TPSA) is 92.8 Å². The second kappa shape index (κ2) is 9.63. The summed E-state index contributed by atoms with van der Waals surface area (Å²) >= 11 is 12.1. The largest absolute Gasteiger partial charge is 0.454 e. The summed E-state index contributed by atoms with van der Waals surface area (Å²) < 4.78 is 5.31. The maximum atomic E-state index is 13.4. The van der Waals surface area contributed by atoms with Crippen LogP contribution in [0.3, 0.4) is 0 Å². The maximum absolute atomic E-state index is 13.4. The predicted molar refractivity (Wildman–Crippen MR) is 130 cm³/mol. The van der Waals surface area contributed by atoms with Crippen molar-refractivity contribution in [1.29, 1.82) is 0 Å². The van der Waals surface area contributed by atoms with Crippen LogP contribution in [0, 0.1) is 23.7 Å². The second-order valence-corrected chi connectivity index (χ2v) is 10.2. The highest BCUT2D eigenvalue weighted by Gasteiger charge is 2.62. The van der Waals surface area contributed by atoms with E-state index in [1.54, 1.807) is 18.2 Å². The molecule has 0 radical (unpaired) electrons. The van der Waals surface area contributed by atoms with Crippen molar-refractivity contribution in [2.75, 3.05) is 11.9 Å². The van der Waals surface area contributed by atoms with Crippen LogP contribution >= 0.6 is 23.2 Å². The van der Waals surface area contributed by atoms with Crippen LogP contribution in [-0.2, 0) is 30.3 Å². The Hall–Kier alpha value is -2.90. The van der Waals surface area contributed by atoms with Crippen LogP contribution in [0.15, 0.2) is 48.5 Å². The zero-order valence-corrected chi connectivity index (χ0v) is 20.3. The number of hydrogen-bond acceptors (Lipinski definition) is 5. The van der Waals surface area contributed by atoms with E-state index in [0.29, 0.717) is 0 Å². The molecule has 2 bridgehead atoms. The fourth-order valence-corrected chi connectivity index (χ4v) is 6.22. The van der Waals surface area contributed by atoms with Gasteiger partial charge in [-0.2, -0.15) is 0 Å². The van der Waals surface area contributed by atoms with E-state index in [1.807, 2.05) is 30.3 Å². The molecule has 1 heterocycles. The number of esters is 1. The van der Waals surface area contributed by atoms with E-state index >= 15 is 0 Å². The molecule has 1 saturated heterocycles. The maximum Gasteiger partial charge on any atom is 0.330 e. The number of benzene rings is 2. The van der Waals surface area contributed by atoms with Crippen molar-refractivity contribution in [3.05, 3.63) is 64.1 Å². The molecular weight excluding hydrogens is 491 g/mol. The van der Waals surface area contributed by atoms with Crippen molar-refractivity contribution in [2.24, 2.45) is 23.7 Å². The lowest BCUT2D eigenvalue weighted by Crippen LogP contribution is -2.48. The summed E-state index contributed by atoms with van der Waals surface area (Å²) in [7, 11) is 0. The lowest BCUT2D eigenvalue weighted by Gasteiger charge is -2.26. The number of hydrogen-bond donors (Lipinski definition) is 1. The number of ether oxygens (including phenoxy) is 1. The minimum absolute atomic E-state index is 0.119. The number of amides is 3. The Bertz CT molecular complexity index is 1160. The van der Waals surface area contributed by atoms with Crippen LogP contribution in [-0.4, -0.2) is 41.2 Å². The Kier molecular flexibility index (Phi) is 6.55. The van der Waals surface area contributed by atoms with Gasteiger partial charge in [0, 0.05) is 6.42 Å². The molecule has 0 spiro atoms. The molecule has 9 heteroatoms. The van der Waals surface area contributed by atoms with Crippen molar-refractivity contribution in [3.8, 4) is 0 Å². The molecular formula is C26H24Cl2N2O5. The highest BCUT2D eigenvalue weighted by Crippen LogP contribution is 2.56. The standard InChI is InChI=1S/C26H24Cl2N2O5/c27-17-7-4-8-18(23(17)28)29-20(31)13-35-26(34)19(11-14-5-2-1-3-6-14)30-24(32)21-15-9-10-16(12-15)22(21)25(30)33/h1-8,15-16,19,21-22H,9-13H2,(H,29,31)/t15-,16-,19+,21-,22+/m0/s1. The van der Waals surface area contributed by atoms with Crippen molar-refractivity contribution in [2.45, 2.75) is 31.7 Å². The number of nitrogens with zero attached hydrogens (tertiary/aromatic N) is 1. The van der Waals surface area contributed by atoms with Gasteiger partial charge in [0.05, 0.1) is 27.6 Å². The summed E-state index contributed by atoms with van der Waals surface area (Å²) in [6, 6.07) is 12.8. The fraction of sp³-hybridized carbons (Fsp3) is 0.385. The van der Waals surface area contributed by atoms with E-state index in [1.165, 1.54) is 0 Å². The molecule has 35 heavy (non-hydrogen) atoms. The van der Waals surface area contributed by atoms with Crippen LogP contribution in [0.1, 0.15) is 24.8 Å². The number of fused-ring (bicyclic) bond motifs is 5. The first-order valence-corrected chi connectivity index (χ1v) is 12.4. The molecule has 0 aromatic heterocycles. The van der Waals surface area contributed by atoms with Gasteiger partial charge in [-0.05, 0) is 48.8 Å². The molecule has 182 valence electrons. The zero-order valence-electron chi connectivity index (χ0n) is 18.8. The van der Waals surface area contributed by atoms with E-state index in [4.69, 9.17) is 27.9 Å². The van der Waals surface area contributed by atoms with E-state index in [9.17, 15) is 19.2 Å². The van der Waals surface area contributed by atoms with Crippen LogP contribution in [0.4, 0.5) is 5.69 Å². The molecule has 1 aliphatic heterocycles. The molecule has 2 aromatic carbocycles. The van der Waals surface area contributed by atoms with E-state index < -0.39 is 24.5 Å². The number of anilines is 1. The summed E-state index contributed by atoms with van der Waals surface area (Å²) in [4.78, 5) is 53.5. The van der Waals surface area contributed by atoms with Gasteiger partial charge in [-0.25, -0.2) is 4.79 Å². The van der Waals surface area contributed by atoms with E-state index in [-0.39, 0.29) is 57.6 Å². The van der Waals surface area contributed by atoms with E-state index in [0.717, 1.165) is 29.7 Å². The average Bonchev–Trinajstić information content (AvgIpc) is 3.53. The van der Waals surface area contributed by atoms with Crippen molar-refractivity contribution in [1.82, 2.24) is 4.90 Å². The van der Waals surface area contributed by atoms with Gasteiger partial charge in [0.15, 0.2) is 6.61 Å². The van der Waals surface area contributed by atoms with Gasteiger partial charge in [-0.15, -0.1) is 0 Å². The molecule has 5 rings (SSSR count). The fourth-order valence-electron chi connectivity index (χ4n) is 5.88. The molecule has 3 aliphatic rings. The summed E-state index contributed by atoms with van der Waals surface area (Å²) in [5, 5.41) is 3.00. The Balaban J connectivity index is 1.32. The molecule has 1 N–H and O–H groups in total. The van der Waals surface area contributed by atoms with Crippen LogP contribution < -0.4 is 5.32 Å². The van der Waals surface area contributed by atoms with Crippen LogP contribution in [0.25, 0.3) is 0 Å². The monoisotopic (exact) mass is 514 g/mol. The van der Waals surface area contributed by atoms with Crippen molar-refractivity contribution < 1.29 is 23.9 Å². The number of imide groups is 1. The zero-order chi connectivity index (χ0) is 24.7. The first-order valence-electron chi connectivity index (χ1n) is 11.7.